The van der Waals surface area contributed by atoms with Gasteiger partial charge in [-0.05, 0) is 47.3 Å². The largest absolute Gasteiger partial charge is 0.316 e. The van der Waals surface area contributed by atoms with E-state index in [1.165, 1.54) is 6.07 Å². The Balaban J connectivity index is 0.00000121. The number of benzene rings is 1. The summed E-state index contributed by atoms with van der Waals surface area (Å²) in [6.07, 6.45) is 0. The average Bonchev–Trinajstić information content (AvgIpc) is 1.98. The molecule has 1 aromatic rings. The molecule has 1 nitrogen and oxygen atoms in total. The van der Waals surface area contributed by atoms with E-state index in [1.54, 1.807) is 6.07 Å². The number of nitrogens with one attached hydrogen (secondary N) is 1. The fourth-order valence-electron chi connectivity index (χ4n) is 0.854. The summed E-state index contributed by atoms with van der Waals surface area (Å²) in [4.78, 5) is 0. The Morgan fingerprint density at radius 1 is 1.50 bits per heavy atom. The third-order valence-electron chi connectivity index (χ3n) is 1.36. The monoisotopic (exact) mass is 301 g/mol. The predicted molar refractivity (Wildman–Crippen MR) is 59.1 cm³/mol. The summed E-state index contributed by atoms with van der Waals surface area (Å²) in [6.45, 7) is 0.788. The molecule has 0 saturated heterocycles. The second kappa shape index (κ2) is 5.72. The molecule has 0 aliphatic rings. The maximum atomic E-state index is 12.7. The second-order valence-corrected chi connectivity index (χ2v) is 3.44. The van der Waals surface area contributed by atoms with Crippen LogP contribution < -0.4 is 5.32 Å². The number of rotatable bonds is 2. The maximum Gasteiger partial charge on any atom is 0.136 e. The first-order chi connectivity index (χ1) is 5.24. The minimum absolute atomic E-state index is 0. The molecule has 0 spiro atoms. The molecule has 12 heavy (non-hydrogen) atoms. The molecule has 1 aromatic carbocycles. The Kier molecular flexibility index (Phi) is 5.78. The van der Waals surface area contributed by atoms with Crippen LogP contribution in [0.1, 0.15) is 5.56 Å². The molecule has 0 aliphatic carbocycles. The van der Waals surface area contributed by atoms with Gasteiger partial charge in [-0.1, -0.05) is 6.07 Å². The van der Waals surface area contributed by atoms with E-state index in [0.717, 1.165) is 12.1 Å². The van der Waals surface area contributed by atoms with Crippen molar-refractivity contribution in [2.24, 2.45) is 0 Å². The summed E-state index contributed by atoms with van der Waals surface area (Å²) in [5, 5.41) is 3.00. The highest BCUT2D eigenvalue weighted by Crippen LogP contribution is 2.12. The zero-order valence-corrected chi connectivity index (χ0v) is 9.58. The normalized spacial score (nSPS) is 9.25. The predicted octanol–water partition coefficient (Wildman–Crippen LogP) is 2.57. The summed E-state index contributed by atoms with van der Waals surface area (Å²) in [5.74, 6) is -0.148. The van der Waals surface area contributed by atoms with E-state index in [0.29, 0.717) is 3.57 Å². The quantitative estimate of drug-likeness (QED) is 0.828. The van der Waals surface area contributed by atoms with Crippen molar-refractivity contribution in [1.29, 1.82) is 0 Å². The summed E-state index contributed by atoms with van der Waals surface area (Å²) >= 11 is 1.99. The van der Waals surface area contributed by atoms with Crippen LogP contribution in [-0.2, 0) is 6.54 Å². The van der Waals surface area contributed by atoms with Crippen molar-refractivity contribution in [3.8, 4) is 0 Å². The van der Waals surface area contributed by atoms with Gasteiger partial charge in [-0.3, -0.25) is 0 Å². The van der Waals surface area contributed by atoms with Crippen molar-refractivity contribution >= 4 is 35.0 Å². The van der Waals surface area contributed by atoms with Gasteiger partial charge in [-0.15, -0.1) is 12.4 Å². The fourth-order valence-corrected chi connectivity index (χ4v) is 1.43. The molecule has 0 atom stereocenters. The summed E-state index contributed by atoms with van der Waals surface area (Å²) in [6, 6.07) is 5.12. The zero-order valence-electron chi connectivity index (χ0n) is 6.60. The van der Waals surface area contributed by atoms with Crippen LogP contribution in [0.2, 0.25) is 0 Å². The van der Waals surface area contributed by atoms with E-state index >= 15 is 0 Å². The van der Waals surface area contributed by atoms with E-state index in [4.69, 9.17) is 0 Å². The number of halogens is 3. The molecule has 0 unspecified atom stereocenters. The van der Waals surface area contributed by atoms with Gasteiger partial charge in [0.15, 0.2) is 0 Å². The molecule has 0 saturated carbocycles. The highest BCUT2D eigenvalue weighted by Gasteiger charge is 1.98. The van der Waals surface area contributed by atoms with E-state index in [1.807, 2.05) is 35.7 Å². The lowest BCUT2D eigenvalue weighted by atomic mass is 10.2. The molecular weight excluding hydrogens is 291 g/mol. The van der Waals surface area contributed by atoms with Crippen molar-refractivity contribution in [2.45, 2.75) is 6.54 Å². The smallest absolute Gasteiger partial charge is 0.136 e. The lowest BCUT2D eigenvalue weighted by Gasteiger charge is -2.00. The van der Waals surface area contributed by atoms with E-state index in [-0.39, 0.29) is 18.2 Å². The molecule has 0 radical (unpaired) electrons. The first kappa shape index (κ1) is 12.1. The van der Waals surface area contributed by atoms with Gasteiger partial charge in [0.05, 0.1) is 0 Å². The highest BCUT2D eigenvalue weighted by molar-refractivity contribution is 14.1. The number of hydrogen-bond acceptors (Lipinski definition) is 1. The Morgan fingerprint density at radius 2 is 2.17 bits per heavy atom. The van der Waals surface area contributed by atoms with Crippen molar-refractivity contribution < 1.29 is 4.39 Å². The van der Waals surface area contributed by atoms with E-state index in [9.17, 15) is 4.39 Å². The van der Waals surface area contributed by atoms with Gasteiger partial charge in [0.1, 0.15) is 5.82 Å². The van der Waals surface area contributed by atoms with Crippen LogP contribution >= 0.6 is 35.0 Å². The van der Waals surface area contributed by atoms with Crippen LogP contribution in [0, 0.1) is 9.39 Å². The lowest BCUT2D eigenvalue weighted by Crippen LogP contribution is -2.05. The molecule has 0 amide bonds. The zero-order chi connectivity index (χ0) is 8.27. The van der Waals surface area contributed by atoms with Crippen LogP contribution in [-0.4, -0.2) is 7.05 Å². The Labute approximate surface area is 91.3 Å². The van der Waals surface area contributed by atoms with Gasteiger partial charge in [0.25, 0.3) is 0 Å². The van der Waals surface area contributed by atoms with Gasteiger partial charge >= 0.3 is 0 Å². The summed E-state index contributed by atoms with van der Waals surface area (Å²) in [7, 11) is 1.87. The molecule has 0 aliphatic heterocycles. The Bertz CT molecular complexity index is 255. The number of hydrogen-bond donors (Lipinski definition) is 1. The second-order valence-electron chi connectivity index (χ2n) is 2.28. The first-order valence-corrected chi connectivity index (χ1v) is 4.40. The van der Waals surface area contributed by atoms with Gasteiger partial charge < -0.3 is 5.32 Å². The molecule has 0 fully saturated rings. The molecule has 68 valence electrons. The van der Waals surface area contributed by atoms with Gasteiger partial charge in [-0.25, -0.2) is 4.39 Å². The minimum Gasteiger partial charge on any atom is -0.316 e. The third kappa shape index (κ3) is 3.25. The van der Waals surface area contributed by atoms with E-state index in [2.05, 4.69) is 5.32 Å². The van der Waals surface area contributed by atoms with Crippen LogP contribution in [0.4, 0.5) is 4.39 Å². The minimum atomic E-state index is -0.148. The van der Waals surface area contributed by atoms with Crippen LogP contribution in [0.15, 0.2) is 18.2 Å². The van der Waals surface area contributed by atoms with Crippen LogP contribution in [0.3, 0.4) is 0 Å². The van der Waals surface area contributed by atoms with Gasteiger partial charge in [-0.2, -0.15) is 0 Å². The molecular formula is C8H10ClFIN. The van der Waals surface area contributed by atoms with Crippen molar-refractivity contribution in [3.63, 3.8) is 0 Å². The molecule has 0 aromatic heterocycles. The van der Waals surface area contributed by atoms with Crippen molar-refractivity contribution in [1.82, 2.24) is 5.32 Å². The first-order valence-electron chi connectivity index (χ1n) is 3.32. The topological polar surface area (TPSA) is 12.0 Å². The molecule has 0 heterocycles. The molecule has 1 N–H and O–H groups in total. The SMILES string of the molecule is CNCc1ccc(F)c(I)c1.Cl. The van der Waals surface area contributed by atoms with Crippen molar-refractivity contribution in [2.75, 3.05) is 7.05 Å². The van der Waals surface area contributed by atoms with E-state index < -0.39 is 0 Å². The maximum absolute atomic E-state index is 12.7. The molecule has 4 heteroatoms. The van der Waals surface area contributed by atoms with Gasteiger partial charge in [0, 0.05) is 10.1 Å². The van der Waals surface area contributed by atoms with Crippen molar-refractivity contribution in [3.05, 3.63) is 33.1 Å². The Morgan fingerprint density at radius 3 is 2.67 bits per heavy atom. The fraction of sp³-hybridized carbons (Fsp3) is 0.250. The standard InChI is InChI=1S/C8H9FIN.ClH/c1-11-5-6-2-3-7(9)8(10)4-6;/h2-4,11H,5H2,1H3;1H. The molecule has 1 rings (SSSR count). The third-order valence-corrected chi connectivity index (χ3v) is 2.19. The van der Waals surface area contributed by atoms with Crippen LogP contribution in [0.25, 0.3) is 0 Å². The highest BCUT2D eigenvalue weighted by atomic mass is 127. The summed E-state index contributed by atoms with van der Waals surface area (Å²) in [5.41, 5.74) is 1.11. The summed E-state index contributed by atoms with van der Waals surface area (Å²) < 4.78 is 13.4. The molecule has 0 bridgehead atoms. The van der Waals surface area contributed by atoms with Crippen LogP contribution in [0.5, 0.6) is 0 Å². The average molecular weight is 302 g/mol. The Hall–Kier alpha value is 0.130. The lowest BCUT2D eigenvalue weighted by molar-refractivity contribution is 0.618. The van der Waals surface area contributed by atoms with Gasteiger partial charge in [0.2, 0.25) is 0 Å².